The number of hydrogen-bond acceptors (Lipinski definition) is 4. The van der Waals surface area contributed by atoms with Gasteiger partial charge in [0.2, 0.25) is 5.91 Å². The molecule has 0 heterocycles. The highest BCUT2D eigenvalue weighted by Gasteiger charge is 2.15. The van der Waals surface area contributed by atoms with Crippen LogP contribution in [0.5, 0.6) is 0 Å². The van der Waals surface area contributed by atoms with Gasteiger partial charge in [-0.15, -0.1) is 0 Å². The number of benzene rings is 1. The second kappa shape index (κ2) is 14.3. The molecule has 26 heavy (non-hydrogen) atoms. The Balaban J connectivity index is 2.43. The summed E-state index contributed by atoms with van der Waals surface area (Å²) >= 11 is 0. The summed E-state index contributed by atoms with van der Waals surface area (Å²) in [5.41, 5.74) is 1.15. The molecule has 0 aliphatic heterocycles. The number of carbonyl (C=O) groups excluding carboxylic acids is 2. The van der Waals surface area contributed by atoms with Crippen LogP contribution < -0.4 is 0 Å². The molecule has 0 saturated carbocycles. The lowest BCUT2D eigenvalue weighted by Crippen LogP contribution is -2.34. The average molecular weight is 363 g/mol. The van der Waals surface area contributed by atoms with Crippen LogP contribution in [-0.4, -0.2) is 49.7 Å². The maximum absolute atomic E-state index is 12.6. The Bertz CT molecular complexity index is 504. The van der Waals surface area contributed by atoms with Gasteiger partial charge in [0.05, 0.1) is 13.0 Å². The standard InChI is InChI=1S/C21H33NO4/c1-3-5-17-25-18-9-15-22(16-14-21(24)26-4-2)20(23)13-12-19-10-7-6-8-11-19/h6-8,10-11H,3-5,9,12-18H2,1-2H3. The first-order valence-electron chi connectivity index (χ1n) is 9.72. The maximum Gasteiger partial charge on any atom is 0.307 e. The van der Waals surface area contributed by atoms with Crippen molar-refractivity contribution >= 4 is 11.9 Å². The van der Waals surface area contributed by atoms with Gasteiger partial charge in [-0.2, -0.15) is 0 Å². The van der Waals surface area contributed by atoms with E-state index in [4.69, 9.17) is 9.47 Å². The lowest BCUT2D eigenvalue weighted by molar-refractivity contribution is -0.144. The summed E-state index contributed by atoms with van der Waals surface area (Å²) < 4.78 is 10.5. The summed E-state index contributed by atoms with van der Waals surface area (Å²) in [6.45, 7) is 6.70. The van der Waals surface area contributed by atoms with Gasteiger partial charge < -0.3 is 14.4 Å². The molecule has 1 aromatic rings. The molecule has 1 aromatic carbocycles. The predicted molar refractivity (Wildman–Crippen MR) is 103 cm³/mol. The average Bonchev–Trinajstić information content (AvgIpc) is 2.66. The van der Waals surface area contributed by atoms with Crippen LogP contribution in [0.3, 0.4) is 0 Å². The van der Waals surface area contributed by atoms with Crippen molar-refractivity contribution in [2.45, 2.75) is 52.4 Å². The molecule has 5 nitrogen and oxygen atoms in total. The van der Waals surface area contributed by atoms with Gasteiger partial charge in [0.25, 0.3) is 0 Å². The molecular weight excluding hydrogens is 330 g/mol. The molecule has 0 saturated heterocycles. The van der Waals surface area contributed by atoms with Gasteiger partial charge >= 0.3 is 5.97 Å². The molecule has 0 aliphatic carbocycles. The lowest BCUT2D eigenvalue weighted by atomic mass is 10.1. The van der Waals surface area contributed by atoms with Crippen molar-refractivity contribution in [1.82, 2.24) is 4.90 Å². The van der Waals surface area contributed by atoms with E-state index in [2.05, 4.69) is 6.92 Å². The molecule has 1 amide bonds. The van der Waals surface area contributed by atoms with Gasteiger partial charge in [-0.25, -0.2) is 0 Å². The van der Waals surface area contributed by atoms with Crippen LogP contribution in [0.1, 0.15) is 51.5 Å². The molecule has 146 valence electrons. The SMILES string of the molecule is CCCCOCCCN(CCC(=O)OCC)C(=O)CCc1ccccc1. The van der Waals surface area contributed by atoms with Crippen LogP contribution in [0.25, 0.3) is 0 Å². The fourth-order valence-corrected chi connectivity index (χ4v) is 2.58. The van der Waals surface area contributed by atoms with Gasteiger partial charge in [-0.05, 0) is 31.7 Å². The first-order chi connectivity index (χ1) is 12.7. The Hall–Kier alpha value is -1.88. The minimum absolute atomic E-state index is 0.0757. The highest BCUT2D eigenvalue weighted by atomic mass is 16.5. The van der Waals surface area contributed by atoms with Gasteiger partial charge in [0, 0.05) is 32.7 Å². The van der Waals surface area contributed by atoms with E-state index in [1.807, 2.05) is 30.3 Å². The Morgan fingerprint density at radius 3 is 2.38 bits per heavy atom. The molecule has 0 fully saturated rings. The highest BCUT2D eigenvalue weighted by Crippen LogP contribution is 2.07. The van der Waals surface area contributed by atoms with E-state index in [9.17, 15) is 9.59 Å². The fourth-order valence-electron chi connectivity index (χ4n) is 2.58. The number of nitrogens with zero attached hydrogens (tertiary/aromatic N) is 1. The van der Waals surface area contributed by atoms with Crippen LogP contribution >= 0.6 is 0 Å². The largest absolute Gasteiger partial charge is 0.466 e. The summed E-state index contributed by atoms with van der Waals surface area (Å²) in [4.78, 5) is 26.0. The summed E-state index contributed by atoms with van der Waals surface area (Å²) in [5.74, 6) is -0.181. The second-order valence-electron chi connectivity index (χ2n) is 6.24. The molecule has 0 unspecified atom stereocenters. The van der Waals surface area contributed by atoms with Crippen molar-refractivity contribution in [2.75, 3.05) is 32.9 Å². The topological polar surface area (TPSA) is 55.8 Å². The molecule has 0 spiro atoms. The number of unbranched alkanes of at least 4 members (excludes halogenated alkanes) is 1. The smallest absolute Gasteiger partial charge is 0.307 e. The van der Waals surface area contributed by atoms with Crippen molar-refractivity contribution < 1.29 is 19.1 Å². The zero-order valence-electron chi connectivity index (χ0n) is 16.2. The number of esters is 1. The quantitative estimate of drug-likeness (QED) is 0.374. The predicted octanol–water partition coefficient (Wildman–Crippen LogP) is 3.61. The number of amides is 1. The Morgan fingerprint density at radius 2 is 1.69 bits per heavy atom. The van der Waals surface area contributed by atoms with Crippen LogP contribution in [0.15, 0.2) is 30.3 Å². The van der Waals surface area contributed by atoms with Crippen molar-refractivity contribution in [1.29, 1.82) is 0 Å². The fraction of sp³-hybridized carbons (Fsp3) is 0.619. The van der Waals surface area contributed by atoms with Gasteiger partial charge in [-0.3, -0.25) is 9.59 Å². The Labute approximate surface area is 157 Å². The minimum Gasteiger partial charge on any atom is -0.466 e. The van der Waals surface area contributed by atoms with E-state index in [0.717, 1.165) is 31.4 Å². The number of hydrogen-bond donors (Lipinski definition) is 0. The zero-order valence-corrected chi connectivity index (χ0v) is 16.2. The van der Waals surface area contributed by atoms with E-state index in [1.54, 1.807) is 11.8 Å². The normalized spacial score (nSPS) is 10.5. The van der Waals surface area contributed by atoms with Crippen LogP contribution in [0.4, 0.5) is 0 Å². The molecule has 0 aromatic heterocycles. The van der Waals surface area contributed by atoms with Crippen molar-refractivity contribution in [2.24, 2.45) is 0 Å². The third-order valence-corrected chi connectivity index (χ3v) is 4.07. The van der Waals surface area contributed by atoms with E-state index < -0.39 is 0 Å². The summed E-state index contributed by atoms with van der Waals surface area (Å²) in [5, 5.41) is 0. The molecule has 0 N–H and O–H groups in total. The lowest BCUT2D eigenvalue weighted by Gasteiger charge is -2.22. The number of carbonyl (C=O) groups is 2. The molecule has 1 rings (SSSR count). The number of ether oxygens (including phenoxy) is 2. The highest BCUT2D eigenvalue weighted by molar-refractivity contribution is 5.77. The Kier molecular flexibility index (Phi) is 12.2. The third kappa shape index (κ3) is 10.2. The van der Waals surface area contributed by atoms with E-state index >= 15 is 0 Å². The Morgan fingerprint density at radius 1 is 0.962 bits per heavy atom. The summed E-state index contributed by atoms with van der Waals surface area (Å²) in [7, 11) is 0. The minimum atomic E-state index is -0.257. The van der Waals surface area contributed by atoms with E-state index in [-0.39, 0.29) is 18.3 Å². The van der Waals surface area contributed by atoms with E-state index in [1.165, 1.54) is 0 Å². The first-order valence-corrected chi connectivity index (χ1v) is 9.72. The molecular formula is C21H33NO4. The summed E-state index contributed by atoms with van der Waals surface area (Å²) in [6.07, 6.45) is 4.35. The zero-order chi connectivity index (χ0) is 19.0. The van der Waals surface area contributed by atoms with Crippen molar-refractivity contribution in [3.05, 3.63) is 35.9 Å². The molecule has 0 bridgehead atoms. The molecule has 5 heteroatoms. The number of rotatable bonds is 14. The molecule has 0 atom stereocenters. The summed E-state index contributed by atoms with van der Waals surface area (Å²) in [6, 6.07) is 9.98. The number of aryl methyl sites for hydroxylation is 1. The van der Waals surface area contributed by atoms with Gasteiger partial charge in [0.15, 0.2) is 0 Å². The molecule has 0 radical (unpaired) electrons. The monoisotopic (exact) mass is 363 g/mol. The van der Waals surface area contributed by atoms with Crippen molar-refractivity contribution in [3.63, 3.8) is 0 Å². The second-order valence-corrected chi connectivity index (χ2v) is 6.24. The van der Waals surface area contributed by atoms with Gasteiger partial charge in [0.1, 0.15) is 0 Å². The third-order valence-electron chi connectivity index (χ3n) is 4.07. The van der Waals surface area contributed by atoms with Gasteiger partial charge in [-0.1, -0.05) is 43.7 Å². The van der Waals surface area contributed by atoms with E-state index in [0.29, 0.717) is 39.1 Å². The molecule has 0 aliphatic rings. The van der Waals surface area contributed by atoms with Crippen molar-refractivity contribution in [3.8, 4) is 0 Å². The van der Waals surface area contributed by atoms with Crippen LogP contribution in [0.2, 0.25) is 0 Å². The first kappa shape index (κ1) is 22.2. The van der Waals surface area contributed by atoms with Crippen LogP contribution in [-0.2, 0) is 25.5 Å². The van der Waals surface area contributed by atoms with Crippen LogP contribution in [0, 0.1) is 0 Å². The maximum atomic E-state index is 12.6.